The molecule has 0 spiro atoms. The van der Waals surface area contributed by atoms with Crippen LogP contribution in [-0.4, -0.2) is 20.0 Å². The smallest absolute Gasteiger partial charge is 0.382 e. The van der Waals surface area contributed by atoms with Gasteiger partial charge in [-0.2, -0.15) is 17.9 Å². The second-order valence-electron chi connectivity index (χ2n) is 6.61. The normalized spacial score (nSPS) is 11.8. The second kappa shape index (κ2) is 7.00. The Labute approximate surface area is 168 Å². The largest absolute Gasteiger partial charge is 0.418 e. The van der Waals surface area contributed by atoms with Crippen molar-refractivity contribution in [2.75, 3.05) is 5.73 Å². The highest BCUT2D eigenvalue weighted by Gasteiger charge is 2.34. The summed E-state index contributed by atoms with van der Waals surface area (Å²) in [4.78, 5) is 4.58. The number of nitrogens with zero attached hydrogens (tertiary/aromatic N) is 4. The van der Waals surface area contributed by atoms with Crippen molar-refractivity contribution < 1.29 is 13.2 Å². The Morgan fingerprint density at radius 2 is 1.83 bits per heavy atom. The molecule has 4 aromatic rings. The van der Waals surface area contributed by atoms with E-state index in [9.17, 15) is 13.2 Å². The molecule has 2 aromatic heterocycles. The Bertz CT molecular complexity index is 1190. The predicted octanol–water partition coefficient (Wildman–Crippen LogP) is 5.28. The van der Waals surface area contributed by atoms with E-state index in [1.807, 2.05) is 31.4 Å². The van der Waals surface area contributed by atoms with E-state index in [1.54, 1.807) is 0 Å². The first-order chi connectivity index (χ1) is 13.8. The molecule has 0 amide bonds. The average molecular weight is 415 g/mol. The maximum atomic E-state index is 13.3. The molecule has 5 nitrogen and oxygen atoms in total. The van der Waals surface area contributed by atoms with Crippen molar-refractivity contribution in [1.29, 1.82) is 0 Å². The molecule has 0 saturated carbocycles. The van der Waals surface area contributed by atoms with Crippen molar-refractivity contribution >= 4 is 17.2 Å². The summed E-state index contributed by atoms with van der Waals surface area (Å²) in [5, 5.41) is 10.2. The lowest BCUT2D eigenvalue weighted by Crippen LogP contribution is -2.12. The molecule has 2 aromatic carbocycles. The van der Waals surface area contributed by atoms with Crippen LogP contribution in [0, 0.1) is 13.8 Å². The van der Waals surface area contributed by atoms with Crippen LogP contribution in [0.25, 0.3) is 27.6 Å². The summed E-state index contributed by atoms with van der Waals surface area (Å²) in [5.41, 5.74) is 9.32. The number of aryl methyl sites for hydroxylation is 2. The number of benzene rings is 2. The molecule has 2 heterocycles. The Kier molecular flexibility index (Phi) is 4.62. The average Bonchev–Trinajstić information content (AvgIpc) is 3.27. The molecule has 0 saturated heterocycles. The molecule has 0 bridgehead atoms. The van der Waals surface area contributed by atoms with Gasteiger partial charge in [0.1, 0.15) is 5.01 Å². The molecule has 29 heavy (non-hydrogen) atoms. The molecule has 2 N–H and O–H groups in total. The molecule has 0 fully saturated rings. The molecular weight excluding hydrogens is 399 g/mol. The van der Waals surface area contributed by atoms with E-state index >= 15 is 0 Å². The van der Waals surface area contributed by atoms with Gasteiger partial charge < -0.3 is 5.73 Å². The van der Waals surface area contributed by atoms with Gasteiger partial charge in [0.05, 0.1) is 16.9 Å². The third-order valence-corrected chi connectivity index (χ3v) is 5.36. The van der Waals surface area contributed by atoms with Gasteiger partial charge in [0.25, 0.3) is 0 Å². The fourth-order valence-corrected chi connectivity index (χ4v) is 3.94. The predicted molar refractivity (Wildman–Crippen MR) is 107 cm³/mol. The summed E-state index contributed by atoms with van der Waals surface area (Å²) in [5.74, 6) is 0.00299. The van der Waals surface area contributed by atoms with E-state index in [2.05, 4.69) is 21.4 Å². The molecule has 4 rings (SSSR count). The number of thiazole rings is 1. The van der Waals surface area contributed by atoms with Crippen molar-refractivity contribution in [1.82, 2.24) is 20.0 Å². The van der Waals surface area contributed by atoms with E-state index in [1.165, 1.54) is 29.5 Å². The van der Waals surface area contributed by atoms with Gasteiger partial charge in [-0.1, -0.05) is 41.1 Å². The van der Waals surface area contributed by atoms with Gasteiger partial charge in [0.2, 0.25) is 0 Å². The summed E-state index contributed by atoms with van der Waals surface area (Å²) < 4.78 is 41.0. The zero-order valence-electron chi connectivity index (χ0n) is 15.5. The van der Waals surface area contributed by atoms with Crippen LogP contribution in [0.3, 0.4) is 0 Å². The topological polar surface area (TPSA) is 69.6 Å². The van der Waals surface area contributed by atoms with Crippen molar-refractivity contribution in [3.63, 3.8) is 0 Å². The van der Waals surface area contributed by atoms with E-state index in [4.69, 9.17) is 5.73 Å². The van der Waals surface area contributed by atoms with Crippen LogP contribution in [0.5, 0.6) is 0 Å². The van der Waals surface area contributed by atoms with Crippen LogP contribution in [0.1, 0.15) is 16.7 Å². The van der Waals surface area contributed by atoms with Crippen molar-refractivity contribution in [2.24, 2.45) is 0 Å². The first-order valence-corrected chi connectivity index (χ1v) is 9.55. The highest BCUT2D eigenvalue weighted by Crippen LogP contribution is 2.36. The van der Waals surface area contributed by atoms with Gasteiger partial charge in [-0.05, 0) is 31.5 Å². The first kappa shape index (κ1) is 19.1. The van der Waals surface area contributed by atoms with Crippen LogP contribution in [0.15, 0.2) is 47.8 Å². The van der Waals surface area contributed by atoms with Crippen LogP contribution in [0.4, 0.5) is 19.0 Å². The van der Waals surface area contributed by atoms with Gasteiger partial charge in [-0.25, -0.2) is 4.98 Å². The van der Waals surface area contributed by atoms with Crippen LogP contribution >= 0.6 is 11.3 Å². The van der Waals surface area contributed by atoms with E-state index < -0.39 is 11.7 Å². The summed E-state index contributed by atoms with van der Waals surface area (Å²) in [6, 6.07) is 11.2. The monoisotopic (exact) mass is 415 g/mol. The third kappa shape index (κ3) is 3.49. The number of aromatic nitrogens is 4. The van der Waals surface area contributed by atoms with Gasteiger partial charge in [-0.15, -0.1) is 16.4 Å². The number of nitrogens with two attached hydrogens (primary N) is 1. The highest BCUT2D eigenvalue weighted by molar-refractivity contribution is 7.13. The quantitative estimate of drug-likeness (QED) is 0.495. The number of nitrogen functional groups attached to an aromatic ring is 1. The van der Waals surface area contributed by atoms with Gasteiger partial charge in [0, 0.05) is 10.9 Å². The summed E-state index contributed by atoms with van der Waals surface area (Å²) in [7, 11) is 0. The minimum atomic E-state index is -4.54. The fourth-order valence-electron chi connectivity index (χ4n) is 3.12. The molecule has 0 aliphatic heterocycles. The number of alkyl halides is 3. The Hall–Kier alpha value is -3.20. The molecule has 0 atom stereocenters. The van der Waals surface area contributed by atoms with Crippen molar-refractivity contribution in [3.05, 3.63) is 64.5 Å². The Balaban J connectivity index is 1.75. The van der Waals surface area contributed by atoms with Crippen LogP contribution < -0.4 is 5.73 Å². The minimum absolute atomic E-state index is 0.00299. The van der Waals surface area contributed by atoms with Crippen molar-refractivity contribution in [3.8, 4) is 27.6 Å². The first-order valence-electron chi connectivity index (χ1n) is 8.67. The number of para-hydroxylation sites is 1. The highest BCUT2D eigenvalue weighted by atomic mass is 32.1. The molecule has 148 valence electrons. The molecule has 0 unspecified atom stereocenters. The standard InChI is InChI=1S/C20H16F3N5S/c1-11-7-8-13(12(2)9-11)15-10-29-19(25-15)17-18(24)28(27-26-17)16-6-4-3-5-14(16)20(21,22)23/h3-10H,24H2,1-2H3. The lowest BCUT2D eigenvalue weighted by molar-refractivity contribution is -0.137. The molecular formula is C20H16F3N5S. The van der Waals surface area contributed by atoms with E-state index in [-0.39, 0.29) is 17.2 Å². The minimum Gasteiger partial charge on any atom is -0.382 e. The number of rotatable bonds is 3. The van der Waals surface area contributed by atoms with Gasteiger partial charge >= 0.3 is 6.18 Å². The van der Waals surface area contributed by atoms with Gasteiger partial charge in [-0.3, -0.25) is 0 Å². The SMILES string of the molecule is Cc1ccc(-c2csc(-c3nnn(-c4ccccc4C(F)(F)F)c3N)n2)c(C)c1. The molecule has 0 aliphatic rings. The summed E-state index contributed by atoms with van der Waals surface area (Å²) in [6.45, 7) is 4.01. The zero-order valence-corrected chi connectivity index (χ0v) is 16.3. The second-order valence-corrected chi connectivity index (χ2v) is 7.46. The summed E-state index contributed by atoms with van der Waals surface area (Å²) in [6.07, 6.45) is -4.54. The number of hydrogen-bond donors (Lipinski definition) is 1. The van der Waals surface area contributed by atoms with Crippen molar-refractivity contribution in [2.45, 2.75) is 20.0 Å². The lowest BCUT2D eigenvalue weighted by atomic mass is 10.0. The van der Waals surface area contributed by atoms with Crippen LogP contribution in [0.2, 0.25) is 0 Å². The number of halogens is 3. The molecule has 9 heteroatoms. The van der Waals surface area contributed by atoms with Gasteiger partial charge in [0.15, 0.2) is 11.5 Å². The van der Waals surface area contributed by atoms with E-state index in [0.29, 0.717) is 5.01 Å². The molecule has 0 aliphatic carbocycles. The van der Waals surface area contributed by atoms with E-state index in [0.717, 1.165) is 33.1 Å². The maximum absolute atomic E-state index is 13.3. The Morgan fingerprint density at radius 3 is 2.55 bits per heavy atom. The summed E-state index contributed by atoms with van der Waals surface area (Å²) >= 11 is 1.31. The van der Waals surface area contributed by atoms with Crippen LogP contribution in [-0.2, 0) is 6.18 Å². The number of hydrogen-bond acceptors (Lipinski definition) is 5. The maximum Gasteiger partial charge on any atom is 0.418 e. The fraction of sp³-hybridized carbons (Fsp3) is 0.150. The molecule has 0 radical (unpaired) electrons. The number of anilines is 1. The Morgan fingerprint density at radius 1 is 1.07 bits per heavy atom. The lowest BCUT2D eigenvalue weighted by Gasteiger charge is -2.12. The zero-order chi connectivity index (χ0) is 20.8. The third-order valence-electron chi connectivity index (χ3n) is 4.51.